The summed E-state index contributed by atoms with van der Waals surface area (Å²) in [4.78, 5) is 24.2. The van der Waals surface area contributed by atoms with Gasteiger partial charge in [0.15, 0.2) is 0 Å². The smallest absolute Gasteiger partial charge is 0.240 e. The van der Waals surface area contributed by atoms with Gasteiger partial charge in [-0.05, 0) is 6.42 Å². The standard InChI is InChI=1S/C9H16N2O2S/c1-5(6(2)14)9(13)11-4-3-7(11)8(10)12/h5-7,14H,3-4H2,1-2H3,(H2,10,12). The summed E-state index contributed by atoms with van der Waals surface area (Å²) in [5.74, 6) is -0.605. The molecule has 0 spiro atoms. The summed E-state index contributed by atoms with van der Waals surface area (Å²) in [7, 11) is 0. The predicted molar refractivity (Wildman–Crippen MR) is 56.9 cm³/mol. The zero-order chi connectivity index (χ0) is 10.9. The van der Waals surface area contributed by atoms with Crippen LogP contribution in [0.5, 0.6) is 0 Å². The van der Waals surface area contributed by atoms with E-state index in [1.807, 2.05) is 13.8 Å². The van der Waals surface area contributed by atoms with Gasteiger partial charge in [0.25, 0.3) is 0 Å². The number of likely N-dealkylation sites (tertiary alicyclic amines) is 1. The molecule has 3 atom stereocenters. The lowest BCUT2D eigenvalue weighted by atomic mass is 9.98. The van der Waals surface area contributed by atoms with E-state index in [2.05, 4.69) is 12.6 Å². The molecule has 80 valence electrons. The lowest BCUT2D eigenvalue weighted by molar-refractivity contribution is -0.148. The number of primary amides is 1. The van der Waals surface area contributed by atoms with Gasteiger partial charge in [-0.2, -0.15) is 12.6 Å². The van der Waals surface area contributed by atoms with Crippen molar-refractivity contribution in [1.29, 1.82) is 0 Å². The van der Waals surface area contributed by atoms with Crippen LogP contribution in [-0.4, -0.2) is 34.6 Å². The Kier molecular flexibility index (Phi) is 3.42. The van der Waals surface area contributed by atoms with Crippen molar-refractivity contribution in [2.45, 2.75) is 31.6 Å². The van der Waals surface area contributed by atoms with Crippen LogP contribution in [0.4, 0.5) is 0 Å². The molecule has 2 N–H and O–H groups in total. The van der Waals surface area contributed by atoms with Crippen LogP contribution >= 0.6 is 12.6 Å². The third-order valence-electron chi connectivity index (χ3n) is 2.74. The second kappa shape index (κ2) is 4.21. The molecule has 1 aliphatic rings. The van der Waals surface area contributed by atoms with Crippen molar-refractivity contribution in [2.75, 3.05) is 6.54 Å². The first-order valence-electron chi connectivity index (χ1n) is 4.73. The number of carbonyl (C=O) groups is 2. The maximum Gasteiger partial charge on any atom is 0.240 e. The fourth-order valence-electron chi connectivity index (χ4n) is 1.41. The summed E-state index contributed by atoms with van der Waals surface area (Å²) >= 11 is 4.21. The maximum atomic E-state index is 11.8. The number of nitrogens with two attached hydrogens (primary N) is 1. The first kappa shape index (κ1) is 11.4. The quantitative estimate of drug-likeness (QED) is 0.654. The molecule has 2 amide bonds. The number of rotatable bonds is 3. The Morgan fingerprint density at radius 2 is 2.07 bits per heavy atom. The average Bonchev–Trinajstić information content (AvgIpc) is 1.99. The second-order valence-corrected chi connectivity index (χ2v) is 4.58. The van der Waals surface area contributed by atoms with Crippen LogP contribution in [-0.2, 0) is 9.59 Å². The SMILES string of the molecule is CC(S)C(C)C(=O)N1CCC1C(N)=O. The Bertz CT molecular complexity index is 255. The molecule has 0 bridgehead atoms. The summed E-state index contributed by atoms with van der Waals surface area (Å²) in [5, 5.41) is -0.00312. The Morgan fingerprint density at radius 1 is 1.50 bits per heavy atom. The van der Waals surface area contributed by atoms with Gasteiger partial charge in [-0.25, -0.2) is 0 Å². The fourth-order valence-corrected chi connectivity index (χ4v) is 1.54. The molecule has 1 fully saturated rings. The van der Waals surface area contributed by atoms with E-state index in [4.69, 9.17) is 5.73 Å². The van der Waals surface area contributed by atoms with Gasteiger partial charge >= 0.3 is 0 Å². The number of carbonyl (C=O) groups excluding carboxylic acids is 2. The summed E-state index contributed by atoms with van der Waals surface area (Å²) in [6.45, 7) is 4.32. The van der Waals surface area contributed by atoms with Gasteiger partial charge in [0.05, 0.1) is 0 Å². The third-order valence-corrected chi connectivity index (χ3v) is 3.19. The van der Waals surface area contributed by atoms with E-state index in [1.54, 1.807) is 4.90 Å². The molecule has 1 aliphatic heterocycles. The van der Waals surface area contributed by atoms with E-state index >= 15 is 0 Å². The molecular formula is C9H16N2O2S. The Morgan fingerprint density at radius 3 is 2.36 bits per heavy atom. The van der Waals surface area contributed by atoms with Crippen LogP contribution in [0.15, 0.2) is 0 Å². The Labute approximate surface area is 89.2 Å². The summed E-state index contributed by atoms with van der Waals surface area (Å²) in [6, 6.07) is -0.392. The molecule has 5 heteroatoms. The molecule has 0 aliphatic carbocycles. The van der Waals surface area contributed by atoms with Gasteiger partial charge in [-0.15, -0.1) is 0 Å². The predicted octanol–water partition coefficient (Wildman–Crippen LogP) is 0.0270. The molecule has 4 nitrogen and oxygen atoms in total. The largest absolute Gasteiger partial charge is 0.368 e. The van der Waals surface area contributed by atoms with Crippen molar-refractivity contribution in [2.24, 2.45) is 11.7 Å². The van der Waals surface area contributed by atoms with Crippen LogP contribution in [0.25, 0.3) is 0 Å². The monoisotopic (exact) mass is 216 g/mol. The minimum Gasteiger partial charge on any atom is -0.368 e. The van der Waals surface area contributed by atoms with E-state index in [0.29, 0.717) is 13.0 Å². The maximum absolute atomic E-state index is 11.8. The average molecular weight is 216 g/mol. The van der Waals surface area contributed by atoms with E-state index < -0.39 is 11.9 Å². The third kappa shape index (κ3) is 2.03. The molecule has 1 saturated heterocycles. The van der Waals surface area contributed by atoms with Crippen LogP contribution in [0.3, 0.4) is 0 Å². The van der Waals surface area contributed by atoms with Crippen molar-refractivity contribution in [3.8, 4) is 0 Å². The van der Waals surface area contributed by atoms with Crippen molar-refractivity contribution in [1.82, 2.24) is 4.90 Å². The van der Waals surface area contributed by atoms with Gasteiger partial charge in [0.1, 0.15) is 6.04 Å². The normalized spacial score (nSPS) is 25.1. The summed E-state index contributed by atoms with van der Waals surface area (Å²) in [5.41, 5.74) is 5.15. The van der Waals surface area contributed by atoms with Crippen molar-refractivity contribution >= 4 is 24.4 Å². The molecule has 1 rings (SSSR count). The highest BCUT2D eigenvalue weighted by Gasteiger charge is 2.38. The lowest BCUT2D eigenvalue weighted by Gasteiger charge is -2.40. The number of nitrogens with zero attached hydrogens (tertiary/aromatic N) is 1. The van der Waals surface area contributed by atoms with Crippen molar-refractivity contribution in [3.63, 3.8) is 0 Å². The minimum atomic E-state index is -0.413. The Hall–Kier alpha value is -0.710. The van der Waals surface area contributed by atoms with E-state index in [0.717, 1.165) is 0 Å². The number of thiol groups is 1. The molecule has 0 aromatic carbocycles. The van der Waals surface area contributed by atoms with Crippen molar-refractivity contribution < 1.29 is 9.59 Å². The highest BCUT2D eigenvalue weighted by atomic mass is 32.1. The van der Waals surface area contributed by atoms with Crippen LogP contribution in [0, 0.1) is 5.92 Å². The van der Waals surface area contributed by atoms with Crippen LogP contribution in [0.2, 0.25) is 0 Å². The van der Waals surface area contributed by atoms with Crippen LogP contribution < -0.4 is 5.73 Å². The fraction of sp³-hybridized carbons (Fsp3) is 0.778. The molecular weight excluding hydrogens is 200 g/mol. The van der Waals surface area contributed by atoms with Gasteiger partial charge in [-0.1, -0.05) is 13.8 Å². The van der Waals surface area contributed by atoms with Gasteiger partial charge in [0.2, 0.25) is 11.8 Å². The van der Waals surface area contributed by atoms with Gasteiger partial charge < -0.3 is 10.6 Å². The molecule has 3 unspecified atom stereocenters. The molecule has 0 radical (unpaired) electrons. The minimum absolute atomic E-state index is 0.00312. The highest BCUT2D eigenvalue weighted by molar-refractivity contribution is 7.81. The number of hydrogen-bond acceptors (Lipinski definition) is 3. The molecule has 1 heterocycles. The molecule has 14 heavy (non-hydrogen) atoms. The first-order chi connectivity index (χ1) is 6.45. The number of amides is 2. The topological polar surface area (TPSA) is 63.4 Å². The molecule has 0 saturated carbocycles. The second-order valence-electron chi connectivity index (χ2n) is 3.77. The number of hydrogen-bond donors (Lipinski definition) is 2. The van der Waals surface area contributed by atoms with E-state index in [-0.39, 0.29) is 17.1 Å². The summed E-state index contributed by atoms with van der Waals surface area (Å²) < 4.78 is 0. The zero-order valence-corrected chi connectivity index (χ0v) is 9.33. The molecule has 0 aromatic rings. The highest BCUT2D eigenvalue weighted by Crippen LogP contribution is 2.22. The van der Waals surface area contributed by atoms with Gasteiger partial charge in [0, 0.05) is 17.7 Å². The van der Waals surface area contributed by atoms with Gasteiger partial charge in [-0.3, -0.25) is 9.59 Å². The van der Waals surface area contributed by atoms with E-state index in [1.165, 1.54) is 0 Å². The lowest BCUT2D eigenvalue weighted by Crippen LogP contribution is -2.59. The summed E-state index contributed by atoms with van der Waals surface area (Å²) in [6.07, 6.45) is 0.689. The molecule has 0 aromatic heterocycles. The first-order valence-corrected chi connectivity index (χ1v) is 5.24. The zero-order valence-electron chi connectivity index (χ0n) is 8.43. The van der Waals surface area contributed by atoms with Crippen LogP contribution in [0.1, 0.15) is 20.3 Å². The van der Waals surface area contributed by atoms with E-state index in [9.17, 15) is 9.59 Å². The van der Waals surface area contributed by atoms with Crippen molar-refractivity contribution in [3.05, 3.63) is 0 Å². The Balaban J connectivity index is 2.58.